The van der Waals surface area contributed by atoms with Crippen LogP contribution in [0.4, 0.5) is 4.39 Å². The van der Waals surface area contributed by atoms with E-state index in [0.29, 0.717) is 27.1 Å². The number of thiazole rings is 1. The molecular formula is C16H11BrFN3OS. The Kier molecular flexibility index (Phi) is 4.78. The number of pyridine rings is 1. The van der Waals surface area contributed by atoms with E-state index in [1.54, 1.807) is 41.1 Å². The smallest absolute Gasteiger partial charge is 0.279 e. The Labute approximate surface area is 144 Å². The lowest BCUT2D eigenvalue weighted by molar-refractivity contribution is 0.0997. The maximum absolute atomic E-state index is 13.8. The average Bonchev–Trinajstić information content (AvgIpc) is 2.96. The van der Waals surface area contributed by atoms with Crippen molar-refractivity contribution in [2.75, 3.05) is 0 Å². The van der Waals surface area contributed by atoms with Gasteiger partial charge in [-0.2, -0.15) is 4.99 Å². The van der Waals surface area contributed by atoms with Gasteiger partial charge in [0.2, 0.25) is 0 Å². The highest BCUT2D eigenvalue weighted by Crippen LogP contribution is 2.10. The molecule has 1 aromatic carbocycles. The van der Waals surface area contributed by atoms with Crippen molar-refractivity contribution in [1.29, 1.82) is 0 Å². The third-order valence-electron chi connectivity index (χ3n) is 3.13. The predicted molar refractivity (Wildman–Crippen MR) is 89.6 cm³/mol. The number of hydrogen-bond donors (Lipinski definition) is 0. The molecule has 0 aliphatic carbocycles. The molecule has 2 heterocycles. The Morgan fingerprint density at radius 2 is 2.17 bits per heavy atom. The van der Waals surface area contributed by atoms with Gasteiger partial charge in [-0.25, -0.2) is 9.37 Å². The number of carbonyl (C=O) groups is 1. The SMILES string of the molecule is O=C(N=c1sccn1Cc1ccccc1F)c1ccnc(Br)c1. The summed E-state index contributed by atoms with van der Waals surface area (Å²) in [5.41, 5.74) is 0.990. The summed E-state index contributed by atoms with van der Waals surface area (Å²) in [5, 5.41) is 1.81. The summed E-state index contributed by atoms with van der Waals surface area (Å²) in [7, 11) is 0. The zero-order chi connectivity index (χ0) is 16.2. The first-order valence-corrected chi connectivity index (χ1v) is 8.39. The van der Waals surface area contributed by atoms with Crippen LogP contribution in [0.2, 0.25) is 0 Å². The molecule has 0 aliphatic rings. The highest BCUT2D eigenvalue weighted by atomic mass is 79.9. The van der Waals surface area contributed by atoms with E-state index in [-0.39, 0.29) is 11.7 Å². The standard InChI is InChI=1S/C16H11BrFN3OS/c17-14-9-11(5-6-19-14)15(22)20-16-21(7-8-23-16)10-12-3-1-2-4-13(12)18/h1-9H,10H2. The summed E-state index contributed by atoms with van der Waals surface area (Å²) >= 11 is 4.55. The van der Waals surface area contributed by atoms with E-state index in [2.05, 4.69) is 25.9 Å². The molecule has 0 radical (unpaired) electrons. The van der Waals surface area contributed by atoms with Gasteiger partial charge in [0.15, 0.2) is 4.80 Å². The van der Waals surface area contributed by atoms with E-state index < -0.39 is 0 Å². The number of amides is 1. The van der Waals surface area contributed by atoms with E-state index in [1.807, 2.05) is 5.38 Å². The van der Waals surface area contributed by atoms with Gasteiger partial charge in [0.05, 0.1) is 6.54 Å². The Balaban J connectivity index is 1.91. The molecule has 1 amide bonds. The first-order chi connectivity index (χ1) is 11.1. The lowest BCUT2D eigenvalue weighted by atomic mass is 10.2. The van der Waals surface area contributed by atoms with Crippen LogP contribution in [0.1, 0.15) is 15.9 Å². The van der Waals surface area contributed by atoms with Crippen LogP contribution in [0.25, 0.3) is 0 Å². The number of carbonyl (C=O) groups excluding carboxylic acids is 1. The largest absolute Gasteiger partial charge is 0.319 e. The van der Waals surface area contributed by atoms with Crippen LogP contribution < -0.4 is 4.80 Å². The number of hydrogen-bond acceptors (Lipinski definition) is 3. The normalized spacial score (nSPS) is 11.7. The van der Waals surface area contributed by atoms with Crippen LogP contribution in [-0.2, 0) is 6.54 Å². The molecule has 0 N–H and O–H groups in total. The molecule has 0 bridgehead atoms. The average molecular weight is 392 g/mol. The van der Waals surface area contributed by atoms with Crippen LogP contribution in [0.5, 0.6) is 0 Å². The third-order valence-corrected chi connectivity index (χ3v) is 4.36. The van der Waals surface area contributed by atoms with Crippen molar-refractivity contribution in [3.05, 3.63) is 80.5 Å². The van der Waals surface area contributed by atoms with Crippen LogP contribution in [-0.4, -0.2) is 15.5 Å². The zero-order valence-corrected chi connectivity index (χ0v) is 14.2. The lowest BCUT2D eigenvalue weighted by Gasteiger charge is -2.04. The number of benzene rings is 1. The molecule has 0 saturated heterocycles. The minimum absolute atomic E-state index is 0.276. The van der Waals surface area contributed by atoms with Crippen molar-refractivity contribution in [3.63, 3.8) is 0 Å². The van der Waals surface area contributed by atoms with Crippen molar-refractivity contribution < 1.29 is 9.18 Å². The van der Waals surface area contributed by atoms with Crippen LogP contribution >= 0.6 is 27.3 Å². The van der Waals surface area contributed by atoms with Crippen molar-refractivity contribution in [2.24, 2.45) is 4.99 Å². The van der Waals surface area contributed by atoms with E-state index in [9.17, 15) is 9.18 Å². The molecule has 0 atom stereocenters. The molecule has 3 rings (SSSR count). The molecule has 0 saturated carbocycles. The Hall–Kier alpha value is -2.12. The Morgan fingerprint density at radius 1 is 1.35 bits per heavy atom. The summed E-state index contributed by atoms with van der Waals surface area (Å²) in [6.45, 7) is 0.322. The van der Waals surface area contributed by atoms with Gasteiger partial charge < -0.3 is 4.57 Å². The fraction of sp³-hybridized carbons (Fsp3) is 0.0625. The molecule has 3 aromatic rings. The summed E-state index contributed by atoms with van der Waals surface area (Å²) in [6.07, 6.45) is 3.32. The number of halogens is 2. The molecule has 0 unspecified atom stereocenters. The second-order valence-corrected chi connectivity index (χ2v) is 6.37. The number of rotatable bonds is 3. The van der Waals surface area contributed by atoms with E-state index in [0.717, 1.165) is 0 Å². The minimum atomic E-state index is -0.363. The van der Waals surface area contributed by atoms with Gasteiger partial charge in [-0.15, -0.1) is 11.3 Å². The van der Waals surface area contributed by atoms with Crippen LogP contribution in [0.15, 0.2) is 63.8 Å². The highest BCUT2D eigenvalue weighted by Gasteiger charge is 2.07. The monoisotopic (exact) mass is 391 g/mol. The van der Waals surface area contributed by atoms with Gasteiger partial charge in [-0.05, 0) is 34.1 Å². The molecule has 4 nitrogen and oxygen atoms in total. The summed E-state index contributed by atoms with van der Waals surface area (Å²) < 4.78 is 16.1. The lowest BCUT2D eigenvalue weighted by Crippen LogP contribution is -2.17. The maximum Gasteiger partial charge on any atom is 0.279 e. The number of aromatic nitrogens is 2. The zero-order valence-electron chi connectivity index (χ0n) is 11.8. The third kappa shape index (κ3) is 3.80. The van der Waals surface area contributed by atoms with Crippen LogP contribution in [0, 0.1) is 5.82 Å². The topological polar surface area (TPSA) is 47.2 Å². The van der Waals surface area contributed by atoms with E-state index in [4.69, 9.17) is 0 Å². The minimum Gasteiger partial charge on any atom is -0.319 e. The molecular weight excluding hydrogens is 381 g/mol. The quantitative estimate of drug-likeness (QED) is 0.639. The van der Waals surface area contributed by atoms with E-state index >= 15 is 0 Å². The summed E-state index contributed by atoms with van der Waals surface area (Å²) in [5.74, 6) is -0.639. The first kappa shape index (κ1) is 15.8. The molecule has 116 valence electrons. The molecule has 23 heavy (non-hydrogen) atoms. The Morgan fingerprint density at radius 3 is 2.96 bits per heavy atom. The van der Waals surface area contributed by atoms with Crippen molar-refractivity contribution in [3.8, 4) is 0 Å². The van der Waals surface area contributed by atoms with Gasteiger partial charge >= 0.3 is 0 Å². The predicted octanol–water partition coefficient (Wildman–Crippen LogP) is 3.64. The molecule has 7 heteroatoms. The van der Waals surface area contributed by atoms with Crippen molar-refractivity contribution in [2.45, 2.75) is 6.54 Å². The van der Waals surface area contributed by atoms with Gasteiger partial charge in [0, 0.05) is 28.9 Å². The van der Waals surface area contributed by atoms with E-state index in [1.165, 1.54) is 23.6 Å². The fourth-order valence-electron chi connectivity index (χ4n) is 2.00. The molecule has 0 fully saturated rings. The second-order valence-electron chi connectivity index (χ2n) is 4.69. The first-order valence-electron chi connectivity index (χ1n) is 6.71. The fourth-order valence-corrected chi connectivity index (χ4v) is 3.09. The highest BCUT2D eigenvalue weighted by molar-refractivity contribution is 9.10. The van der Waals surface area contributed by atoms with Gasteiger partial charge in [-0.3, -0.25) is 4.79 Å². The number of nitrogens with zero attached hydrogens (tertiary/aromatic N) is 3. The van der Waals surface area contributed by atoms with Crippen molar-refractivity contribution >= 4 is 33.2 Å². The van der Waals surface area contributed by atoms with Gasteiger partial charge in [0.1, 0.15) is 10.4 Å². The molecule has 2 aromatic heterocycles. The summed E-state index contributed by atoms with van der Waals surface area (Å²) in [6, 6.07) is 9.77. The van der Waals surface area contributed by atoms with Crippen molar-refractivity contribution in [1.82, 2.24) is 9.55 Å². The van der Waals surface area contributed by atoms with Crippen LogP contribution in [0.3, 0.4) is 0 Å². The molecule has 0 aliphatic heterocycles. The van der Waals surface area contributed by atoms with Gasteiger partial charge in [-0.1, -0.05) is 18.2 Å². The summed E-state index contributed by atoms with van der Waals surface area (Å²) in [4.78, 5) is 20.9. The Bertz CT molecular complexity index is 919. The maximum atomic E-state index is 13.8. The molecule has 0 spiro atoms. The van der Waals surface area contributed by atoms with Gasteiger partial charge in [0.25, 0.3) is 5.91 Å². The second kappa shape index (κ2) is 6.97.